The molecule has 0 saturated carbocycles. The highest BCUT2D eigenvalue weighted by molar-refractivity contribution is 5.96. The molecular formula is C24H19F2N3O. The second-order valence-electron chi connectivity index (χ2n) is 7.55. The van der Waals surface area contributed by atoms with Crippen molar-refractivity contribution in [2.75, 3.05) is 11.4 Å². The lowest BCUT2D eigenvalue weighted by molar-refractivity contribution is -0.117. The van der Waals surface area contributed by atoms with E-state index in [2.05, 4.69) is 4.57 Å². The summed E-state index contributed by atoms with van der Waals surface area (Å²) in [7, 11) is 0. The number of fused-ring (bicyclic) bond motifs is 1. The molecule has 1 aliphatic heterocycles. The van der Waals surface area contributed by atoms with Crippen LogP contribution in [0.3, 0.4) is 0 Å². The molecule has 1 unspecified atom stereocenters. The summed E-state index contributed by atoms with van der Waals surface area (Å²) < 4.78 is 28.7. The van der Waals surface area contributed by atoms with Crippen LogP contribution in [-0.4, -0.2) is 22.0 Å². The molecule has 3 aromatic carbocycles. The summed E-state index contributed by atoms with van der Waals surface area (Å²) in [4.78, 5) is 19.2. The molecule has 0 N–H and O–H groups in total. The van der Waals surface area contributed by atoms with Gasteiger partial charge in [0.25, 0.3) is 0 Å². The maximum absolute atomic E-state index is 13.3. The molecule has 1 fully saturated rings. The zero-order chi connectivity index (χ0) is 20.7. The van der Waals surface area contributed by atoms with Crippen molar-refractivity contribution in [3.63, 3.8) is 0 Å². The lowest BCUT2D eigenvalue weighted by atomic mass is 10.1. The van der Waals surface area contributed by atoms with E-state index in [1.807, 2.05) is 24.3 Å². The first-order valence-corrected chi connectivity index (χ1v) is 9.84. The first-order valence-electron chi connectivity index (χ1n) is 9.84. The van der Waals surface area contributed by atoms with Gasteiger partial charge >= 0.3 is 0 Å². The van der Waals surface area contributed by atoms with Crippen LogP contribution in [0.1, 0.15) is 23.7 Å². The van der Waals surface area contributed by atoms with Gasteiger partial charge < -0.3 is 9.47 Å². The Morgan fingerprint density at radius 3 is 2.30 bits per heavy atom. The summed E-state index contributed by atoms with van der Waals surface area (Å²) in [5, 5.41) is 0. The minimum Gasteiger partial charge on any atom is -0.323 e. The number of carbonyl (C=O) groups excluding carboxylic acids is 1. The van der Waals surface area contributed by atoms with Crippen molar-refractivity contribution in [2.24, 2.45) is 0 Å². The van der Waals surface area contributed by atoms with Crippen LogP contribution in [0.15, 0.2) is 72.8 Å². The molecule has 1 atom stereocenters. The summed E-state index contributed by atoms with van der Waals surface area (Å²) >= 11 is 0. The smallest absolute Gasteiger partial charge is 0.227 e. The lowest BCUT2D eigenvalue weighted by Crippen LogP contribution is -2.24. The molecule has 1 aliphatic rings. The predicted molar refractivity (Wildman–Crippen MR) is 111 cm³/mol. The van der Waals surface area contributed by atoms with Crippen LogP contribution in [0.25, 0.3) is 11.0 Å². The van der Waals surface area contributed by atoms with Gasteiger partial charge in [-0.25, -0.2) is 13.8 Å². The van der Waals surface area contributed by atoms with E-state index < -0.39 is 0 Å². The van der Waals surface area contributed by atoms with Crippen molar-refractivity contribution in [2.45, 2.75) is 18.9 Å². The van der Waals surface area contributed by atoms with Gasteiger partial charge in [0, 0.05) is 31.1 Å². The molecule has 1 amide bonds. The summed E-state index contributed by atoms with van der Waals surface area (Å²) in [6, 6.07) is 20.2. The average molecular weight is 403 g/mol. The Kier molecular flexibility index (Phi) is 4.54. The highest BCUT2D eigenvalue weighted by atomic mass is 19.1. The number of amides is 1. The largest absolute Gasteiger partial charge is 0.323 e. The molecule has 4 nitrogen and oxygen atoms in total. The maximum Gasteiger partial charge on any atom is 0.227 e. The Hall–Kier alpha value is -3.54. The number of rotatable bonds is 4. The van der Waals surface area contributed by atoms with Crippen molar-refractivity contribution < 1.29 is 13.6 Å². The molecule has 30 heavy (non-hydrogen) atoms. The molecule has 0 aliphatic carbocycles. The van der Waals surface area contributed by atoms with Gasteiger partial charge in [-0.3, -0.25) is 4.79 Å². The molecule has 2 heterocycles. The van der Waals surface area contributed by atoms with Gasteiger partial charge in [-0.05, 0) is 54.1 Å². The summed E-state index contributed by atoms with van der Waals surface area (Å²) in [5.74, 6) is 0.134. The molecule has 0 bridgehead atoms. The fraction of sp³-hybridized carbons (Fsp3) is 0.167. The zero-order valence-electron chi connectivity index (χ0n) is 16.1. The molecule has 0 spiro atoms. The van der Waals surface area contributed by atoms with Crippen molar-refractivity contribution in [1.29, 1.82) is 0 Å². The van der Waals surface area contributed by atoms with E-state index in [1.165, 1.54) is 24.3 Å². The molecule has 6 heteroatoms. The van der Waals surface area contributed by atoms with Crippen molar-refractivity contribution >= 4 is 22.6 Å². The van der Waals surface area contributed by atoms with Crippen molar-refractivity contribution in [3.8, 4) is 0 Å². The maximum atomic E-state index is 13.3. The Bertz CT molecular complexity index is 1220. The van der Waals surface area contributed by atoms with Crippen LogP contribution < -0.4 is 4.90 Å². The fourth-order valence-electron chi connectivity index (χ4n) is 4.10. The van der Waals surface area contributed by atoms with E-state index in [-0.39, 0.29) is 23.5 Å². The van der Waals surface area contributed by atoms with Crippen molar-refractivity contribution in [3.05, 3.63) is 95.8 Å². The molecule has 1 aromatic heterocycles. The van der Waals surface area contributed by atoms with Gasteiger partial charge in [0.2, 0.25) is 5.91 Å². The van der Waals surface area contributed by atoms with Gasteiger partial charge in [-0.15, -0.1) is 0 Å². The van der Waals surface area contributed by atoms with Gasteiger partial charge in [-0.1, -0.05) is 24.3 Å². The number of para-hydroxylation sites is 2. The van der Waals surface area contributed by atoms with E-state index in [0.29, 0.717) is 25.2 Å². The van der Waals surface area contributed by atoms with E-state index in [0.717, 1.165) is 22.4 Å². The minimum atomic E-state index is -0.331. The van der Waals surface area contributed by atoms with Crippen LogP contribution in [0.5, 0.6) is 0 Å². The number of anilines is 1. The fourth-order valence-corrected chi connectivity index (χ4v) is 4.10. The second kappa shape index (κ2) is 7.37. The number of nitrogens with zero attached hydrogens (tertiary/aromatic N) is 3. The van der Waals surface area contributed by atoms with E-state index >= 15 is 0 Å². The SMILES string of the molecule is O=C1CC(c2nc3ccccc3n2Cc2ccc(F)cc2)CN1c1ccc(F)cc1. The number of hydrogen-bond acceptors (Lipinski definition) is 2. The van der Waals surface area contributed by atoms with Crippen molar-refractivity contribution in [1.82, 2.24) is 9.55 Å². The number of benzene rings is 3. The third kappa shape index (κ3) is 3.34. The first-order chi connectivity index (χ1) is 14.6. The zero-order valence-corrected chi connectivity index (χ0v) is 16.1. The Morgan fingerprint density at radius 2 is 1.57 bits per heavy atom. The van der Waals surface area contributed by atoms with E-state index in [1.54, 1.807) is 29.2 Å². The Balaban J connectivity index is 1.51. The number of aromatic nitrogens is 2. The van der Waals surface area contributed by atoms with Crippen LogP contribution in [0.2, 0.25) is 0 Å². The molecule has 4 aromatic rings. The summed E-state index contributed by atoms with van der Waals surface area (Å²) in [6.07, 6.45) is 0.337. The average Bonchev–Trinajstić information content (AvgIpc) is 3.31. The van der Waals surface area contributed by atoms with Crippen LogP contribution in [-0.2, 0) is 11.3 Å². The monoisotopic (exact) mass is 403 g/mol. The molecule has 150 valence electrons. The first kappa shape index (κ1) is 18.5. The third-order valence-corrected chi connectivity index (χ3v) is 5.57. The minimum absolute atomic E-state index is 0.00741. The van der Waals surface area contributed by atoms with E-state index in [4.69, 9.17) is 4.98 Å². The summed E-state index contributed by atoms with van der Waals surface area (Å²) in [5.41, 5.74) is 3.48. The highest BCUT2D eigenvalue weighted by Gasteiger charge is 2.34. The summed E-state index contributed by atoms with van der Waals surface area (Å²) in [6.45, 7) is 1.02. The predicted octanol–water partition coefficient (Wildman–Crippen LogP) is 4.88. The standard InChI is InChI=1S/C24H19F2N3O/c25-18-7-5-16(6-8-18)14-29-22-4-2-1-3-21(22)27-24(29)17-13-23(30)28(15-17)20-11-9-19(26)10-12-20/h1-12,17H,13-15H2. The van der Waals surface area contributed by atoms with Crippen LogP contribution >= 0.6 is 0 Å². The molecule has 1 saturated heterocycles. The number of imidazole rings is 1. The third-order valence-electron chi connectivity index (χ3n) is 5.57. The van der Waals surface area contributed by atoms with Gasteiger partial charge in [0.05, 0.1) is 11.0 Å². The van der Waals surface area contributed by atoms with Crippen LogP contribution in [0.4, 0.5) is 14.5 Å². The number of carbonyl (C=O) groups is 1. The van der Waals surface area contributed by atoms with E-state index in [9.17, 15) is 13.6 Å². The van der Waals surface area contributed by atoms with Gasteiger partial charge in [-0.2, -0.15) is 0 Å². The molecule has 0 radical (unpaired) electrons. The van der Waals surface area contributed by atoms with Gasteiger partial charge in [0.1, 0.15) is 17.5 Å². The normalized spacial score (nSPS) is 16.5. The Labute approximate surface area is 172 Å². The Morgan fingerprint density at radius 1 is 0.900 bits per heavy atom. The second-order valence-corrected chi connectivity index (χ2v) is 7.55. The molecular weight excluding hydrogens is 384 g/mol. The van der Waals surface area contributed by atoms with Gasteiger partial charge in [0.15, 0.2) is 0 Å². The van der Waals surface area contributed by atoms with Crippen LogP contribution in [0, 0.1) is 11.6 Å². The number of halogens is 2. The lowest BCUT2D eigenvalue weighted by Gasteiger charge is -2.17. The quantitative estimate of drug-likeness (QED) is 0.487. The highest BCUT2D eigenvalue weighted by Crippen LogP contribution is 2.33. The number of hydrogen-bond donors (Lipinski definition) is 0. The topological polar surface area (TPSA) is 38.1 Å². The molecule has 5 rings (SSSR count).